The molecule has 114 valence electrons. The molecule has 0 aliphatic rings. The van der Waals surface area contributed by atoms with Gasteiger partial charge in [0.2, 0.25) is 0 Å². The van der Waals surface area contributed by atoms with E-state index in [9.17, 15) is 20.1 Å². The molecule has 0 fully saturated rings. The summed E-state index contributed by atoms with van der Waals surface area (Å²) in [4.78, 5) is 11.0. The lowest BCUT2D eigenvalue weighted by Gasteiger charge is -2.22. The summed E-state index contributed by atoms with van der Waals surface area (Å²) in [5, 5.41) is 40.1. The van der Waals surface area contributed by atoms with Gasteiger partial charge in [0.05, 0.1) is 12.2 Å². The molecule has 0 aliphatic heterocycles. The minimum absolute atomic E-state index is 0.0390. The maximum atomic E-state index is 11.0. The standard InChI is InChI=1S/C13H27NO5/c1-2-10(16)5-3-4-7-14-9-12(18)13(19)11(17)6-8-15/h11-15,17-19H,2-9H2,1H3. The van der Waals surface area contributed by atoms with Gasteiger partial charge in [-0.25, -0.2) is 0 Å². The first kappa shape index (κ1) is 18.5. The maximum Gasteiger partial charge on any atom is 0.132 e. The molecule has 0 heterocycles. The molecular weight excluding hydrogens is 250 g/mol. The van der Waals surface area contributed by atoms with Crippen LogP contribution in [0.5, 0.6) is 0 Å². The number of hydrogen-bond acceptors (Lipinski definition) is 6. The van der Waals surface area contributed by atoms with Gasteiger partial charge in [0.1, 0.15) is 11.9 Å². The number of Topliss-reactive ketones (excluding diaryl/α,β-unsaturated/α-hetero) is 1. The van der Waals surface area contributed by atoms with Crippen molar-refractivity contribution in [2.75, 3.05) is 19.7 Å². The van der Waals surface area contributed by atoms with Crippen molar-refractivity contribution in [3.05, 3.63) is 0 Å². The van der Waals surface area contributed by atoms with E-state index in [2.05, 4.69) is 5.32 Å². The molecule has 0 saturated carbocycles. The first-order valence-electron chi connectivity index (χ1n) is 6.90. The average Bonchev–Trinajstić information content (AvgIpc) is 2.41. The van der Waals surface area contributed by atoms with Gasteiger partial charge in [-0.15, -0.1) is 0 Å². The maximum absolute atomic E-state index is 11.0. The van der Waals surface area contributed by atoms with E-state index in [1.807, 2.05) is 6.92 Å². The number of nitrogens with one attached hydrogen (secondary N) is 1. The normalized spacial score (nSPS) is 16.1. The lowest BCUT2D eigenvalue weighted by atomic mass is 10.1. The number of carbonyl (C=O) groups excluding carboxylic acids is 1. The molecular formula is C13H27NO5. The van der Waals surface area contributed by atoms with Gasteiger partial charge in [0.25, 0.3) is 0 Å². The fourth-order valence-electron chi connectivity index (χ4n) is 1.68. The zero-order chi connectivity index (χ0) is 14.7. The number of hydrogen-bond donors (Lipinski definition) is 5. The van der Waals surface area contributed by atoms with Crippen LogP contribution in [-0.2, 0) is 4.79 Å². The summed E-state index contributed by atoms with van der Waals surface area (Å²) in [5.41, 5.74) is 0. The molecule has 0 aromatic heterocycles. The quantitative estimate of drug-likeness (QED) is 0.298. The Balaban J connectivity index is 3.57. The summed E-state index contributed by atoms with van der Waals surface area (Å²) >= 11 is 0. The lowest BCUT2D eigenvalue weighted by Crippen LogP contribution is -2.43. The van der Waals surface area contributed by atoms with Crippen LogP contribution in [0.1, 0.15) is 39.0 Å². The van der Waals surface area contributed by atoms with Gasteiger partial charge in [-0.3, -0.25) is 4.79 Å². The molecule has 3 unspecified atom stereocenters. The molecule has 6 nitrogen and oxygen atoms in total. The number of ketones is 1. The highest BCUT2D eigenvalue weighted by atomic mass is 16.4. The molecule has 0 saturated heterocycles. The molecule has 19 heavy (non-hydrogen) atoms. The summed E-state index contributed by atoms with van der Waals surface area (Å²) in [6.07, 6.45) is -0.625. The molecule has 5 N–H and O–H groups in total. The van der Waals surface area contributed by atoms with Gasteiger partial charge in [0.15, 0.2) is 0 Å². The van der Waals surface area contributed by atoms with Crippen LogP contribution < -0.4 is 5.32 Å². The second-order valence-electron chi connectivity index (χ2n) is 4.69. The minimum Gasteiger partial charge on any atom is -0.396 e. The van der Waals surface area contributed by atoms with E-state index in [0.29, 0.717) is 19.4 Å². The number of aliphatic hydroxyl groups excluding tert-OH is 4. The molecule has 0 rings (SSSR count). The molecule has 0 spiro atoms. The van der Waals surface area contributed by atoms with E-state index in [1.54, 1.807) is 0 Å². The molecule has 0 amide bonds. The van der Waals surface area contributed by atoms with Crippen molar-refractivity contribution in [3.8, 4) is 0 Å². The third kappa shape index (κ3) is 9.07. The van der Waals surface area contributed by atoms with Gasteiger partial charge in [0, 0.05) is 26.0 Å². The summed E-state index contributed by atoms with van der Waals surface area (Å²) in [6.45, 7) is 2.43. The van der Waals surface area contributed by atoms with Crippen LogP contribution in [-0.4, -0.2) is 64.2 Å². The highest BCUT2D eigenvalue weighted by molar-refractivity contribution is 5.77. The van der Waals surface area contributed by atoms with E-state index in [1.165, 1.54) is 0 Å². The van der Waals surface area contributed by atoms with Crippen molar-refractivity contribution in [3.63, 3.8) is 0 Å². The second kappa shape index (κ2) is 11.3. The van der Waals surface area contributed by atoms with Crippen molar-refractivity contribution < 1.29 is 25.2 Å². The molecule has 0 aliphatic carbocycles. The summed E-state index contributed by atoms with van der Waals surface area (Å²) in [6, 6.07) is 0. The van der Waals surface area contributed by atoms with E-state index in [0.717, 1.165) is 12.8 Å². The number of unbranched alkanes of at least 4 members (excludes halogenated alkanes) is 1. The zero-order valence-electron chi connectivity index (χ0n) is 11.6. The molecule has 0 bridgehead atoms. The zero-order valence-corrected chi connectivity index (χ0v) is 11.6. The van der Waals surface area contributed by atoms with Crippen LogP contribution >= 0.6 is 0 Å². The first-order chi connectivity index (χ1) is 9.02. The third-order valence-corrected chi connectivity index (χ3v) is 3.02. The second-order valence-corrected chi connectivity index (χ2v) is 4.69. The van der Waals surface area contributed by atoms with Crippen molar-refractivity contribution >= 4 is 5.78 Å². The lowest BCUT2D eigenvalue weighted by molar-refractivity contribution is -0.118. The van der Waals surface area contributed by atoms with Gasteiger partial charge < -0.3 is 25.7 Å². The molecule has 3 atom stereocenters. The van der Waals surface area contributed by atoms with Crippen LogP contribution in [0, 0.1) is 0 Å². The largest absolute Gasteiger partial charge is 0.396 e. The number of carbonyl (C=O) groups is 1. The SMILES string of the molecule is CCC(=O)CCCCNCC(O)C(O)C(O)CCO. The Bertz CT molecular complexity index is 237. The van der Waals surface area contributed by atoms with Gasteiger partial charge in [-0.05, 0) is 25.8 Å². The fourth-order valence-corrected chi connectivity index (χ4v) is 1.68. The minimum atomic E-state index is -1.26. The summed E-state index contributed by atoms with van der Waals surface area (Å²) in [7, 11) is 0. The van der Waals surface area contributed by atoms with Gasteiger partial charge >= 0.3 is 0 Å². The van der Waals surface area contributed by atoms with Gasteiger partial charge in [-0.2, -0.15) is 0 Å². The third-order valence-electron chi connectivity index (χ3n) is 3.02. The highest BCUT2D eigenvalue weighted by Crippen LogP contribution is 2.03. The van der Waals surface area contributed by atoms with Gasteiger partial charge in [-0.1, -0.05) is 6.92 Å². The predicted octanol–water partition coefficient (Wildman–Crippen LogP) is -0.809. The van der Waals surface area contributed by atoms with E-state index in [-0.39, 0.29) is 25.4 Å². The van der Waals surface area contributed by atoms with Crippen molar-refractivity contribution in [1.29, 1.82) is 0 Å². The Morgan fingerprint density at radius 3 is 2.42 bits per heavy atom. The summed E-state index contributed by atoms with van der Waals surface area (Å²) < 4.78 is 0. The molecule has 0 aromatic carbocycles. The van der Waals surface area contributed by atoms with Crippen LogP contribution in [0.15, 0.2) is 0 Å². The molecule has 0 aromatic rings. The highest BCUT2D eigenvalue weighted by Gasteiger charge is 2.23. The van der Waals surface area contributed by atoms with Crippen LogP contribution in [0.4, 0.5) is 0 Å². The van der Waals surface area contributed by atoms with Crippen molar-refractivity contribution in [2.24, 2.45) is 0 Å². The monoisotopic (exact) mass is 277 g/mol. The Labute approximate surface area is 114 Å². The Morgan fingerprint density at radius 1 is 1.16 bits per heavy atom. The van der Waals surface area contributed by atoms with E-state index < -0.39 is 18.3 Å². The first-order valence-corrected chi connectivity index (χ1v) is 6.90. The predicted molar refractivity (Wildman–Crippen MR) is 71.7 cm³/mol. The number of rotatable bonds is 12. The Morgan fingerprint density at radius 2 is 1.84 bits per heavy atom. The Kier molecular flexibility index (Phi) is 11.0. The van der Waals surface area contributed by atoms with Crippen LogP contribution in [0.3, 0.4) is 0 Å². The fraction of sp³-hybridized carbons (Fsp3) is 0.923. The molecule has 6 heteroatoms. The van der Waals surface area contributed by atoms with E-state index in [4.69, 9.17) is 5.11 Å². The number of aliphatic hydroxyl groups is 4. The topological polar surface area (TPSA) is 110 Å². The van der Waals surface area contributed by atoms with Crippen molar-refractivity contribution in [2.45, 2.75) is 57.3 Å². The Hall–Kier alpha value is -0.530. The average molecular weight is 277 g/mol. The van der Waals surface area contributed by atoms with Crippen LogP contribution in [0.25, 0.3) is 0 Å². The summed E-state index contributed by atoms with van der Waals surface area (Å²) in [5.74, 6) is 0.252. The van der Waals surface area contributed by atoms with Crippen molar-refractivity contribution in [1.82, 2.24) is 5.32 Å². The smallest absolute Gasteiger partial charge is 0.132 e. The van der Waals surface area contributed by atoms with Crippen LogP contribution in [0.2, 0.25) is 0 Å². The van der Waals surface area contributed by atoms with E-state index >= 15 is 0 Å². The molecule has 0 radical (unpaired) electrons.